The molecule has 0 unspecified atom stereocenters. The highest BCUT2D eigenvalue weighted by atomic mass is 19.1. The maximum absolute atomic E-state index is 14.3. The molecule has 2 saturated heterocycles. The zero-order chi connectivity index (χ0) is 24.6. The second kappa shape index (κ2) is 9.44. The normalized spacial score (nSPS) is 25.0. The van der Waals surface area contributed by atoms with E-state index in [0.29, 0.717) is 12.1 Å². The second-order valence-electron chi connectivity index (χ2n) is 9.94. The smallest absolute Gasteiger partial charge is 0.241 e. The lowest BCUT2D eigenvalue weighted by atomic mass is 9.75. The van der Waals surface area contributed by atoms with Gasteiger partial charge >= 0.3 is 0 Å². The van der Waals surface area contributed by atoms with Crippen molar-refractivity contribution in [1.82, 2.24) is 9.80 Å². The number of rotatable bonds is 6. The van der Waals surface area contributed by atoms with Gasteiger partial charge in [-0.2, -0.15) is 0 Å². The number of halogens is 1. The number of para-hydroxylation sites is 1. The molecule has 0 radical (unpaired) electrons. The van der Waals surface area contributed by atoms with Crippen LogP contribution in [-0.2, 0) is 19.8 Å². The number of ether oxygens (including phenoxy) is 1. The fourth-order valence-electron chi connectivity index (χ4n) is 6.24. The van der Waals surface area contributed by atoms with Crippen molar-refractivity contribution in [2.45, 2.75) is 68.9 Å². The summed E-state index contributed by atoms with van der Waals surface area (Å²) in [6, 6.07) is 13.2. The van der Waals surface area contributed by atoms with E-state index >= 15 is 0 Å². The Morgan fingerprint density at radius 3 is 2.57 bits per heavy atom. The van der Waals surface area contributed by atoms with Crippen LogP contribution >= 0.6 is 0 Å². The van der Waals surface area contributed by atoms with Gasteiger partial charge in [0.25, 0.3) is 0 Å². The SMILES string of the molecule is COc1ccccc1[C@H]1CCCN1C(=O)C[C@@]1(c2cccc(F)c2)CC(=O)N(C2CCCC2)C1=O. The molecule has 1 saturated carbocycles. The Bertz CT molecular complexity index is 1150. The summed E-state index contributed by atoms with van der Waals surface area (Å²) in [4.78, 5) is 44.1. The van der Waals surface area contributed by atoms with E-state index in [1.54, 1.807) is 24.1 Å². The molecule has 3 fully saturated rings. The monoisotopic (exact) mass is 478 g/mol. The Morgan fingerprint density at radius 1 is 1.06 bits per heavy atom. The van der Waals surface area contributed by atoms with Gasteiger partial charge in [0.2, 0.25) is 17.7 Å². The molecule has 2 heterocycles. The van der Waals surface area contributed by atoms with Gasteiger partial charge in [-0.25, -0.2) is 4.39 Å². The first kappa shape index (κ1) is 23.5. The van der Waals surface area contributed by atoms with Gasteiger partial charge in [0.1, 0.15) is 11.6 Å². The summed E-state index contributed by atoms with van der Waals surface area (Å²) in [5.41, 5.74) is -0.0490. The lowest BCUT2D eigenvalue weighted by molar-refractivity contribution is -0.145. The molecule has 2 aromatic rings. The van der Waals surface area contributed by atoms with Crippen LogP contribution in [0.25, 0.3) is 0 Å². The molecule has 2 aromatic carbocycles. The van der Waals surface area contributed by atoms with Crippen LogP contribution in [0.3, 0.4) is 0 Å². The number of hydrogen-bond acceptors (Lipinski definition) is 4. The van der Waals surface area contributed by atoms with E-state index in [9.17, 15) is 18.8 Å². The molecule has 3 aliphatic rings. The van der Waals surface area contributed by atoms with Crippen LogP contribution in [0.1, 0.15) is 68.5 Å². The lowest BCUT2D eigenvalue weighted by Gasteiger charge is -2.32. The molecule has 0 spiro atoms. The first-order valence-corrected chi connectivity index (χ1v) is 12.5. The van der Waals surface area contributed by atoms with E-state index in [4.69, 9.17) is 4.74 Å². The van der Waals surface area contributed by atoms with Crippen molar-refractivity contribution in [3.05, 3.63) is 65.5 Å². The third-order valence-corrected chi connectivity index (χ3v) is 7.94. The summed E-state index contributed by atoms with van der Waals surface area (Å²) >= 11 is 0. The van der Waals surface area contributed by atoms with Crippen molar-refractivity contribution >= 4 is 17.7 Å². The molecule has 2 atom stereocenters. The summed E-state index contributed by atoms with van der Waals surface area (Å²) < 4.78 is 19.8. The number of nitrogens with zero attached hydrogens (tertiary/aromatic N) is 2. The van der Waals surface area contributed by atoms with Crippen LogP contribution in [0.15, 0.2) is 48.5 Å². The summed E-state index contributed by atoms with van der Waals surface area (Å²) in [6.07, 6.45) is 4.88. The zero-order valence-electron chi connectivity index (χ0n) is 20.0. The standard InChI is InChI=1S/C28H31FN2O4/c1-35-24-14-5-4-12-22(24)23-13-7-15-30(23)25(32)17-28(19-8-6-9-20(29)16-19)18-26(33)31(27(28)34)21-10-2-3-11-21/h4-6,8-9,12,14,16,21,23H,2-3,7,10-11,13,15,17-18H2,1H3/t23-,28+/m1/s1. The number of imide groups is 1. The third-order valence-electron chi connectivity index (χ3n) is 7.94. The molecule has 35 heavy (non-hydrogen) atoms. The van der Waals surface area contributed by atoms with Crippen LogP contribution < -0.4 is 4.74 Å². The Hall–Kier alpha value is -3.22. The Morgan fingerprint density at radius 2 is 1.83 bits per heavy atom. The quantitative estimate of drug-likeness (QED) is 0.573. The Kier molecular flexibility index (Phi) is 6.34. The van der Waals surface area contributed by atoms with Gasteiger partial charge in [-0.3, -0.25) is 19.3 Å². The average molecular weight is 479 g/mol. The van der Waals surface area contributed by atoms with E-state index in [-0.39, 0.29) is 42.6 Å². The minimum Gasteiger partial charge on any atom is -0.496 e. The van der Waals surface area contributed by atoms with Gasteiger partial charge in [-0.15, -0.1) is 0 Å². The largest absolute Gasteiger partial charge is 0.496 e. The summed E-state index contributed by atoms with van der Waals surface area (Å²) in [7, 11) is 1.61. The first-order chi connectivity index (χ1) is 16.9. The number of carbonyl (C=O) groups excluding carboxylic acids is 3. The summed E-state index contributed by atoms with van der Waals surface area (Å²) in [5, 5.41) is 0. The molecule has 184 valence electrons. The van der Waals surface area contributed by atoms with Crippen molar-refractivity contribution in [2.24, 2.45) is 0 Å². The molecule has 0 aromatic heterocycles. The zero-order valence-corrected chi connectivity index (χ0v) is 20.0. The number of methoxy groups -OCH3 is 1. The third kappa shape index (κ3) is 4.11. The van der Waals surface area contributed by atoms with Gasteiger partial charge in [0.05, 0.1) is 18.6 Å². The fraction of sp³-hybridized carbons (Fsp3) is 0.464. The maximum Gasteiger partial charge on any atom is 0.241 e. The fourth-order valence-corrected chi connectivity index (χ4v) is 6.24. The molecular formula is C28H31FN2O4. The van der Waals surface area contributed by atoms with Gasteiger partial charge in [0, 0.05) is 31.0 Å². The molecule has 6 nitrogen and oxygen atoms in total. The van der Waals surface area contributed by atoms with Gasteiger partial charge in [0.15, 0.2) is 0 Å². The summed E-state index contributed by atoms with van der Waals surface area (Å²) in [6.45, 7) is 0.565. The molecule has 3 amide bonds. The lowest BCUT2D eigenvalue weighted by Crippen LogP contribution is -2.46. The summed E-state index contributed by atoms with van der Waals surface area (Å²) in [5.74, 6) is -0.585. The number of benzene rings is 2. The van der Waals surface area contributed by atoms with Crippen LogP contribution in [0.5, 0.6) is 5.75 Å². The van der Waals surface area contributed by atoms with E-state index in [1.165, 1.54) is 17.0 Å². The van der Waals surface area contributed by atoms with Gasteiger partial charge < -0.3 is 9.64 Å². The van der Waals surface area contributed by atoms with E-state index in [0.717, 1.165) is 49.8 Å². The minimum absolute atomic E-state index is 0.106. The molecule has 7 heteroatoms. The Labute approximate surface area is 205 Å². The Balaban J connectivity index is 1.49. The number of hydrogen-bond donors (Lipinski definition) is 0. The van der Waals surface area contributed by atoms with E-state index in [2.05, 4.69) is 0 Å². The predicted molar refractivity (Wildman–Crippen MR) is 128 cm³/mol. The van der Waals surface area contributed by atoms with Crippen molar-refractivity contribution in [1.29, 1.82) is 0 Å². The number of carbonyl (C=O) groups is 3. The number of amides is 3. The molecular weight excluding hydrogens is 447 g/mol. The van der Waals surface area contributed by atoms with Crippen LogP contribution in [-0.4, -0.2) is 47.2 Å². The molecule has 5 rings (SSSR count). The predicted octanol–water partition coefficient (Wildman–Crippen LogP) is 4.53. The molecule has 0 N–H and O–H groups in total. The minimum atomic E-state index is -1.38. The molecule has 1 aliphatic carbocycles. The van der Waals surface area contributed by atoms with Gasteiger partial charge in [-0.1, -0.05) is 43.2 Å². The van der Waals surface area contributed by atoms with Crippen molar-refractivity contribution in [2.75, 3.05) is 13.7 Å². The van der Waals surface area contributed by atoms with E-state index < -0.39 is 11.2 Å². The van der Waals surface area contributed by atoms with Crippen molar-refractivity contribution < 1.29 is 23.5 Å². The first-order valence-electron chi connectivity index (χ1n) is 12.5. The average Bonchev–Trinajstić information content (AvgIpc) is 3.60. The molecule has 2 aliphatic heterocycles. The van der Waals surface area contributed by atoms with Gasteiger partial charge in [-0.05, 0) is 49.4 Å². The number of likely N-dealkylation sites (tertiary alicyclic amines) is 2. The second-order valence-corrected chi connectivity index (χ2v) is 9.94. The van der Waals surface area contributed by atoms with E-state index in [1.807, 2.05) is 24.3 Å². The molecule has 0 bridgehead atoms. The van der Waals surface area contributed by atoms with Crippen molar-refractivity contribution in [3.8, 4) is 5.75 Å². The topological polar surface area (TPSA) is 66.9 Å². The van der Waals surface area contributed by atoms with Crippen LogP contribution in [0.2, 0.25) is 0 Å². The van der Waals surface area contributed by atoms with Crippen molar-refractivity contribution in [3.63, 3.8) is 0 Å². The van der Waals surface area contributed by atoms with Crippen LogP contribution in [0, 0.1) is 5.82 Å². The van der Waals surface area contributed by atoms with Crippen LogP contribution in [0.4, 0.5) is 4.39 Å². The highest BCUT2D eigenvalue weighted by Gasteiger charge is 2.56. The highest BCUT2D eigenvalue weighted by Crippen LogP contribution is 2.45. The maximum atomic E-state index is 14.3. The highest BCUT2D eigenvalue weighted by molar-refractivity contribution is 6.11.